The van der Waals surface area contributed by atoms with Crippen molar-refractivity contribution in [2.24, 2.45) is 0 Å². The van der Waals surface area contributed by atoms with Crippen molar-refractivity contribution >= 4 is 33.6 Å². The molecular weight excluding hydrogens is 1390 g/mol. The van der Waals surface area contributed by atoms with Gasteiger partial charge in [-0.2, -0.15) is 0 Å². The van der Waals surface area contributed by atoms with Crippen molar-refractivity contribution < 1.29 is 75.8 Å². The van der Waals surface area contributed by atoms with E-state index in [1.807, 2.05) is 0 Å². The lowest BCUT2D eigenvalue weighted by molar-refractivity contribution is -0.161. The molecule has 0 spiro atoms. The van der Waals surface area contributed by atoms with Crippen molar-refractivity contribution in [2.45, 2.75) is 334 Å². The monoisotopic (exact) mass is 1540 g/mol. The van der Waals surface area contributed by atoms with Gasteiger partial charge in [-0.3, -0.25) is 32.5 Å². The molecule has 0 radical (unpaired) electrons. The number of carbonyl (C=O) groups is 3. The molecule has 0 fully saturated rings. The van der Waals surface area contributed by atoms with Gasteiger partial charge in [0.1, 0.15) is 25.4 Å². The summed E-state index contributed by atoms with van der Waals surface area (Å²) in [7, 11) is -9.82. The molecule has 18 heteroatoms. The Morgan fingerprint density at radius 3 is 0.785 bits per heavy atom. The predicted octanol–water partition coefficient (Wildman–Crippen LogP) is 24.8. The molecule has 0 saturated carbocycles. The van der Waals surface area contributed by atoms with Gasteiger partial charge in [0.05, 0.1) is 26.4 Å². The van der Waals surface area contributed by atoms with Crippen molar-refractivity contribution in [1.82, 2.24) is 0 Å². The zero-order valence-corrected chi connectivity index (χ0v) is 68.5. The maximum atomic E-state index is 13.0. The van der Waals surface area contributed by atoms with Crippen molar-refractivity contribution in [3.8, 4) is 0 Å². The van der Waals surface area contributed by atoms with Gasteiger partial charge in [0.25, 0.3) is 0 Å². The highest BCUT2D eigenvalue weighted by Crippen LogP contribution is 2.45. The largest absolute Gasteiger partial charge is 0.472 e. The lowest BCUT2D eigenvalue weighted by Crippen LogP contribution is -2.30. The first-order valence-corrected chi connectivity index (χ1v) is 44.4. The fourth-order valence-corrected chi connectivity index (χ4v) is 12.2. The van der Waals surface area contributed by atoms with E-state index in [9.17, 15) is 43.5 Å². The van der Waals surface area contributed by atoms with Gasteiger partial charge in [0.2, 0.25) is 0 Å². The molecule has 5 atom stereocenters. The molecule has 5 unspecified atom stereocenters. The number of carbonyl (C=O) groups excluding carboxylic acids is 3. The number of esters is 3. The first-order chi connectivity index (χ1) is 52.2. The lowest BCUT2D eigenvalue weighted by Gasteiger charge is -2.21. The maximum Gasteiger partial charge on any atom is 0.472 e. The van der Waals surface area contributed by atoms with E-state index in [4.69, 9.17) is 32.3 Å². The highest BCUT2D eigenvalue weighted by molar-refractivity contribution is 7.47. The lowest BCUT2D eigenvalue weighted by atomic mass is 10.1. The van der Waals surface area contributed by atoms with Crippen LogP contribution >= 0.6 is 15.6 Å². The van der Waals surface area contributed by atoms with Crippen LogP contribution in [-0.4, -0.2) is 95.9 Å². The van der Waals surface area contributed by atoms with Crippen molar-refractivity contribution in [3.05, 3.63) is 170 Å². The first-order valence-electron chi connectivity index (χ1n) is 41.4. The van der Waals surface area contributed by atoms with E-state index in [1.165, 1.54) is 64.2 Å². The van der Waals surface area contributed by atoms with Crippen molar-refractivity contribution in [2.75, 3.05) is 39.6 Å². The molecule has 0 aromatic carbocycles. The van der Waals surface area contributed by atoms with E-state index >= 15 is 0 Å². The summed E-state index contributed by atoms with van der Waals surface area (Å²) >= 11 is 0. The number of aliphatic hydroxyl groups is 2. The molecule has 4 N–H and O–H groups in total. The van der Waals surface area contributed by atoms with Crippen LogP contribution in [0.2, 0.25) is 0 Å². The number of phosphoric ester groups is 2. The number of hydrogen-bond donors (Lipinski definition) is 4. The van der Waals surface area contributed by atoms with E-state index in [1.54, 1.807) is 0 Å². The third-order valence-electron chi connectivity index (χ3n) is 16.9. The SMILES string of the molecule is CC/C=C\C/C=C\C/C=C\C/C=C\C/C=C\C/C=C\CCCCCCCCCCC(=O)OCC(O)COP(=O)(O)OCC(O)COP(=O)(O)OCC(COC(=O)CCCCCCCCC/C=C\C/C=C\C/C=C\C/C=C\CCCCC)OC(=O)CCCCCCC/C=C\C/C=C\C/C=C\C/C=C\CCCCC. The molecular formula is C89H148O16P2. The highest BCUT2D eigenvalue weighted by Gasteiger charge is 2.29. The second-order valence-corrected chi connectivity index (χ2v) is 30.1. The summed E-state index contributed by atoms with van der Waals surface area (Å²) in [5, 5.41) is 20.7. The average molecular weight is 1540 g/mol. The Hall–Kier alpha value is -5.09. The van der Waals surface area contributed by atoms with Crippen LogP contribution < -0.4 is 0 Å². The molecule has 0 bridgehead atoms. The van der Waals surface area contributed by atoms with E-state index in [0.717, 1.165) is 193 Å². The van der Waals surface area contributed by atoms with Crippen molar-refractivity contribution in [1.29, 1.82) is 0 Å². The summed E-state index contributed by atoms with van der Waals surface area (Å²) in [6.07, 6.45) is 102. The van der Waals surface area contributed by atoms with E-state index < -0.39 is 91.5 Å². The first kappa shape index (κ1) is 102. The second kappa shape index (κ2) is 80.4. The molecule has 0 rings (SSSR count). The molecule has 0 amide bonds. The number of hydrogen-bond acceptors (Lipinski definition) is 14. The van der Waals surface area contributed by atoms with Gasteiger partial charge >= 0.3 is 33.6 Å². The van der Waals surface area contributed by atoms with Crippen LogP contribution in [0.15, 0.2) is 170 Å². The zero-order chi connectivity index (χ0) is 78.0. The standard InChI is InChI=1S/C89H148O16P2/c1-4-7-10-13-16-19-22-25-28-31-34-37-39-40-41-42-44-47-48-51-54-57-60-63-66-69-72-75-87(92)99-78-84(90)79-101-106(95,96)102-80-85(91)81-103-107(97,98)104-83-86(105-89(94)77-74-71-68-65-62-59-56-53-50-45-36-33-30-27-24-21-18-15-12-9-6-3)82-100-88(93)76-73-70-67-64-61-58-55-52-49-46-43-38-35-32-29-26-23-20-17-14-11-8-5-2/h7,10,16-21,25-30,34-38,40-41,44-47,49,53,56,84-86,90-91H,4-6,8-9,11-15,22-24,31-33,39,42-43,48,50-52,54-55,57-83H2,1-3H3,(H,95,96)(H,97,98)/b10-7-,19-16-,20-17-,21-18-,28-25-,29-26-,30-27-,37-34-,38-35-,41-40-,45-36-,47-44-,49-46-,56-53-. The molecule has 16 nitrogen and oxygen atoms in total. The van der Waals surface area contributed by atoms with Crippen LogP contribution in [0.3, 0.4) is 0 Å². The Morgan fingerprint density at radius 1 is 0.271 bits per heavy atom. The fraction of sp³-hybridized carbons (Fsp3) is 0.652. The molecule has 610 valence electrons. The number of rotatable bonds is 77. The number of unbranched alkanes of at least 4 members (excludes halogenated alkanes) is 26. The van der Waals surface area contributed by atoms with Crippen LogP contribution in [0.25, 0.3) is 0 Å². The molecule has 0 saturated heterocycles. The highest BCUT2D eigenvalue weighted by atomic mass is 31.2. The molecule has 0 aliphatic carbocycles. The number of phosphoric acid groups is 2. The summed E-state index contributed by atoms with van der Waals surface area (Å²) in [4.78, 5) is 58.8. The Bertz CT molecular complexity index is 2620. The average Bonchev–Trinajstić information content (AvgIpc) is 0.903. The van der Waals surface area contributed by atoms with Gasteiger partial charge < -0.3 is 34.2 Å². The van der Waals surface area contributed by atoms with E-state index in [-0.39, 0.29) is 19.3 Å². The van der Waals surface area contributed by atoms with Crippen LogP contribution in [0.1, 0.15) is 316 Å². The van der Waals surface area contributed by atoms with Gasteiger partial charge in [-0.05, 0) is 161 Å². The third kappa shape index (κ3) is 81.7. The summed E-state index contributed by atoms with van der Waals surface area (Å²) in [6.45, 7) is 2.47. The molecule has 0 aliphatic heterocycles. The third-order valence-corrected chi connectivity index (χ3v) is 18.8. The minimum absolute atomic E-state index is 0.0752. The van der Waals surface area contributed by atoms with Crippen LogP contribution in [0, 0.1) is 0 Å². The summed E-state index contributed by atoms with van der Waals surface area (Å²) in [6, 6.07) is 0. The smallest absolute Gasteiger partial charge is 0.463 e. The van der Waals surface area contributed by atoms with Crippen LogP contribution in [0.5, 0.6) is 0 Å². The number of ether oxygens (including phenoxy) is 3. The summed E-state index contributed by atoms with van der Waals surface area (Å²) in [5.41, 5.74) is 0. The van der Waals surface area contributed by atoms with Crippen LogP contribution in [0.4, 0.5) is 0 Å². The van der Waals surface area contributed by atoms with E-state index in [2.05, 4.69) is 191 Å². The van der Waals surface area contributed by atoms with Gasteiger partial charge in [0, 0.05) is 19.3 Å². The minimum Gasteiger partial charge on any atom is -0.463 e. The van der Waals surface area contributed by atoms with Crippen molar-refractivity contribution in [3.63, 3.8) is 0 Å². The summed E-state index contributed by atoms with van der Waals surface area (Å²) in [5.74, 6) is -1.62. The number of allylic oxidation sites excluding steroid dienone is 28. The van der Waals surface area contributed by atoms with Crippen LogP contribution in [-0.2, 0) is 55.8 Å². The second-order valence-electron chi connectivity index (χ2n) is 27.2. The zero-order valence-electron chi connectivity index (χ0n) is 66.7. The molecule has 0 aromatic heterocycles. The molecule has 0 heterocycles. The van der Waals surface area contributed by atoms with Gasteiger partial charge in [-0.25, -0.2) is 9.13 Å². The van der Waals surface area contributed by atoms with Gasteiger partial charge in [-0.15, -0.1) is 0 Å². The Kier molecular flexibility index (Phi) is 76.6. The van der Waals surface area contributed by atoms with Gasteiger partial charge in [0.15, 0.2) is 6.10 Å². The van der Waals surface area contributed by atoms with Gasteiger partial charge in [-0.1, -0.05) is 306 Å². The normalized spacial score (nSPS) is 14.8. The Balaban J connectivity index is 4.71. The number of aliphatic hydroxyl groups excluding tert-OH is 2. The quantitative estimate of drug-likeness (QED) is 0.0146. The topological polar surface area (TPSA) is 231 Å². The molecule has 0 aromatic rings. The molecule has 0 aliphatic rings. The Morgan fingerprint density at radius 2 is 0.495 bits per heavy atom. The summed E-state index contributed by atoms with van der Waals surface area (Å²) < 4.78 is 61.3. The minimum atomic E-state index is -4.95. The fourth-order valence-electron chi connectivity index (χ4n) is 10.6. The predicted molar refractivity (Wildman–Crippen MR) is 445 cm³/mol. The van der Waals surface area contributed by atoms with E-state index in [0.29, 0.717) is 19.3 Å². The Labute approximate surface area is 650 Å². The molecule has 107 heavy (non-hydrogen) atoms. The maximum absolute atomic E-state index is 13.0.